The monoisotopic (exact) mass is 509 g/mol. The second-order valence-corrected chi connectivity index (χ2v) is 10.8. The summed E-state index contributed by atoms with van der Waals surface area (Å²) < 4.78 is 5.39. The molecule has 0 radical (unpaired) electrons. The first-order chi connectivity index (χ1) is 17.4. The van der Waals surface area contributed by atoms with Gasteiger partial charge in [0.15, 0.2) is 0 Å². The van der Waals surface area contributed by atoms with Crippen LogP contribution in [-0.4, -0.2) is 63.5 Å². The maximum atomic E-state index is 11.8. The normalized spacial score (nSPS) is 16.6. The van der Waals surface area contributed by atoms with Gasteiger partial charge in [0.2, 0.25) is 0 Å². The van der Waals surface area contributed by atoms with Crippen molar-refractivity contribution in [1.29, 1.82) is 0 Å². The number of rotatable bonds is 11. The van der Waals surface area contributed by atoms with Gasteiger partial charge in [0.1, 0.15) is 5.75 Å². The van der Waals surface area contributed by atoms with Gasteiger partial charge in [-0.1, -0.05) is 6.07 Å². The highest BCUT2D eigenvalue weighted by Crippen LogP contribution is 2.42. The van der Waals surface area contributed by atoms with Crippen molar-refractivity contribution in [3.05, 3.63) is 59.9 Å². The van der Waals surface area contributed by atoms with Crippen molar-refractivity contribution in [2.24, 2.45) is 5.41 Å². The summed E-state index contributed by atoms with van der Waals surface area (Å²) in [6.45, 7) is 4.66. The molecule has 1 aliphatic rings. The predicted molar refractivity (Wildman–Crippen MR) is 143 cm³/mol. The molecule has 192 valence electrons. The summed E-state index contributed by atoms with van der Waals surface area (Å²) in [4.78, 5) is 23.1. The Morgan fingerprint density at radius 1 is 1.22 bits per heavy atom. The topological polar surface area (TPSA) is 95.8 Å². The first-order valence-electron chi connectivity index (χ1n) is 12.5. The third-order valence-corrected chi connectivity index (χ3v) is 8.26. The Morgan fingerprint density at radius 3 is 2.72 bits per heavy atom. The predicted octanol–water partition coefficient (Wildman–Crippen LogP) is 5.11. The SMILES string of the molecule is COc1ccc2ncc(C)c([C@@H](O)CCC3(CC(=O)O)CCN(CCSc4ccccn4)CC3)c2c1. The lowest BCUT2D eigenvalue weighted by Crippen LogP contribution is -2.42. The van der Waals surface area contributed by atoms with Crippen LogP contribution in [0.5, 0.6) is 5.75 Å². The Labute approximate surface area is 216 Å². The van der Waals surface area contributed by atoms with Crippen LogP contribution in [-0.2, 0) is 4.79 Å². The fourth-order valence-electron chi connectivity index (χ4n) is 5.25. The molecule has 4 rings (SSSR count). The van der Waals surface area contributed by atoms with Gasteiger partial charge < -0.3 is 19.8 Å². The Bertz CT molecular complexity index is 1170. The highest BCUT2D eigenvalue weighted by Gasteiger charge is 2.37. The third kappa shape index (κ3) is 6.55. The van der Waals surface area contributed by atoms with Crippen molar-refractivity contribution < 1.29 is 19.7 Å². The van der Waals surface area contributed by atoms with E-state index >= 15 is 0 Å². The van der Waals surface area contributed by atoms with Crippen LogP contribution in [0, 0.1) is 12.3 Å². The van der Waals surface area contributed by atoms with E-state index in [4.69, 9.17) is 4.74 Å². The van der Waals surface area contributed by atoms with Crippen LogP contribution < -0.4 is 4.74 Å². The van der Waals surface area contributed by atoms with Crippen molar-refractivity contribution >= 4 is 28.6 Å². The molecule has 8 heteroatoms. The number of likely N-dealkylation sites (tertiary alicyclic amines) is 1. The quantitative estimate of drug-likeness (QED) is 0.344. The Balaban J connectivity index is 1.39. The minimum Gasteiger partial charge on any atom is -0.497 e. The molecular weight excluding hydrogens is 474 g/mol. The maximum absolute atomic E-state index is 11.8. The number of pyridine rings is 2. The van der Waals surface area contributed by atoms with Crippen LogP contribution in [0.3, 0.4) is 0 Å². The largest absolute Gasteiger partial charge is 0.497 e. The zero-order valence-electron chi connectivity index (χ0n) is 21.0. The number of thioether (sulfide) groups is 1. The van der Waals surface area contributed by atoms with Crippen LogP contribution in [0.25, 0.3) is 10.9 Å². The Kier molecular flexibility index (Phi) is 8.82. The fourth-order valence-corrected chi connectivity index (χ4v) is 6.12. The summed E-state index contributed by atoms with van der Waals surface area (Å²) in [5.74, 6) is 0.915. The minimum atomic E-state index is -0.765. The molecule has 0 amide bonds. The highest BCUT2D eigenvalue weighted by atomic mass is 32.2. The molecule has 0 unspecified atom stereocenters. The molecule has 0 aliphatic carbocycles. The van der Waals surface area contributed by atoms with E-state index in [0.29, 0.717) is 12.8 Å². The number of aryl methyl sites for hydroxylation is 1. The molecule has 1 saturated heterocycles. The molecular formula is C28H35N3O4S. The number of piperidine rings is 1. The molecule has 3 aromatic rings. The number of methoxy groups -OCH3 is 1. The van der Waals surface area contributed by atoms with E-state index in [1.54, 1.807) is 25.1 Å². The number of aliphatic hydroxyl groups excluding tert-OH is 1. The summed E-state index contributed by atoms with van der Waals surface area (Å²) in [5.41, 5.74) is 2.29. The number of hydrogen-bond donors (Lipinski definition) is 2. The summed E-state index contributed by atoms with van der Waals surface area (Å²) in [6, 6.07) is 11.6. The number of carbonyl (C=O) groups is 1. The van der Waals surface area contributed by atoms with Crippen LogP contribution >= 0.6 is 11.8 Å². The molecule has 1 fully saturated rings. The minimum absolute atomic E-state index is 0.139. The molecule has 36 heavy (non-hydrogen) atoms. The number of nitrogens with zero attached hydrogens (tertiary/aromatic N) is 3. The van der Waals surface area contributed by atoms with Gasteiger partial charge in [0, 0.05) is 30.1 Å². The smallest absolute Gasteiger partial charge is 0.303 e. The number of carboxylic acids is 1. The average molecular weight is 510 g/mol. The third-order valence-electron chi connectivity index (χ3n) is 7.34. The summed E-state index contributed by atoms with van der Waals surface area (Å²) in [7, 11) is 1.62. The van der Waals surface area contributed by atoms with Gasteiger partial charge in [-0.2, -0.15) is 0 Å². The number of carboxylic acid groups (broad SMARTS) is 1. The van der Waals surface area contributed by atoms with Crippen LogP contribution in [0.4, 0.5) is 0 Å². The van der Waals surface area contributed by atoms with Gasteiger partial charge in [0.25, 0.3) is 0 Å². The van der Waals surface area contributed by atoms with Gasteiger partial charge >= 0.3 is 5.97 Å². The molecule has 0 saturated carbocycles. The molecule has 0 spiro atoms. The molecule has 2 N–H and O–H groups in total. The lowest BCUT2D eigenvalue weighted by atomic mass is 9.71. The van der Waals surface area contributed by atoms with Crippen molar-refractivity contribution in [2.45, 2.75) is 50.2 Å². The maximum Gasteiger partial charge on any atom is 0.303 e. The van der Waals surface area contributed by atoms with Crippen molar-refractivity contribution in [2.75, 3.05) is 32.5 Å². The first kappa shape index (κ1) is 26.4. The molecule has 1 atom stereocenters. The number of aliphatic hydroxyl groups is 1. The second-order valence-electron chi connectivity index (χ2n) is 9.72. The van der Waals surface area contributed by atoms with E-state index in [1.165, 1.54) is 0 Å². The van der Waals surface area contributed by atoms with Crippen LogP contribution in [0.15, 0.2) is 53.8 Å². The summed E-state index contributed by atoms with van der Waals surface area (Å²) >= 11 is 1.75. The lowest BCUT2D eigenvalue weighted by molar-refractivity contribution is -0.141. The fraction of sp³-hybridized carbons (Fsp3) is 0.464. The lowest BCUT2D eigenvalue weighted by Gasteiger charge is -2.41. The van der Waals surface area contributed by atoms with E-state index < -0.39 is 12.1 Å². The molecule has 1 aliphatic heterocycles. The molecule has 1 aromatic carbocycles. The molecule has 7 nitrogen and oxygen atoms in total. The second kappa shape index (κ2) is 12.0. The number of benzene rings is 1. The number of ether oxygens (including phenoxy) is 1. The average Bonchev–Trinajstić information content (AvgIpc) is 2.88. The van der Waals surface area contributed by atoms with Gasteiger partial charge in [-0.3, -0.25) is 9.78 Å². The number of aliphatic carboxylic acids is 1. The van der Waals surface area contributed by atoms with Gasteiger partial charge in [-0.05, 0) is 92.6 Å². The molecule has 0 bridgehead atoms. The van der Waals surface area contributed by atoms with Gasteiger partial charge in [-0.15, -0.1) is 11.8 Å². The summed E-state index contributed by atoms with van der Waals surface area (Å²) in [5, 5.41) is 22.9. The van der Waals surface area contributed by atoms with E-state index in [0.717, 1.165) is 71.0 Å². The van der Waals surface area contributed by atoms with Gasteiger partial charge in [0.05, 0.1) is 30.2 Å². The molecule has 3 heterocycles. The van der Waals surface area contributed by atoms with Crippen LogP contribution in [0.2, 0.25) is 0 Å². The standard InChI is InChI=1S/C28H35N3O4S/c1-20-19-30-23-7-6-21(35-2)17-22(23)27(20)24(32)8-9-28(18-26(33)34)10-13-31(14-11-28)15-16-36-25-5-3-4-12-29-25/h3-7,12,17,19,24,32H,8-11,13-16,18H2,1-2H3,(H,33,34)/t24-/m0/s1. The van der Waals surface area contributed by atoms with E-state index in [9.17, 15) is 15.0 Å². The van der Waals surface area contributed by atoms with Crippen LogP contribution in [0.1, 0.15) is 49.3 Å². The molecule has 2 aromatic heterocycles. The van der Waals surface area contributed by atoms with E-state index in [-0.39, 0.29) is 11.8 Å². The van der Waals surface area contributed by atoms with Crippen molar-refractivity contribution in [1.82, 2.24) is 14.9 Å². The Hall–Kier alpha value is -2.68. The summed E-state index contributed by atoms with van der Waals surface area (Å²) in [6.07, 6.45) is 5.88. The first-order valence-corrected chi connectivity index (χ1v) is 13.5. The number of fused-ring (bicyclic) bond motifs is 1. The number of hydrogen-bond acceptors (Lipinski definition) is 7. The van der Waals surface area contributed by atoms with Gasteiger partial charge in [-0.25, -0.2) is 4.98 Å². The Morgan fingerprint density at radius 2 is 2.03 bits per heavy atom. The number of aromatic nitrogens is 2. The zero-order valence-corrected chi connectivity index (χ0v) is 21.8. The highest BCUT2D eigenvalue weighted by molar-refractivity contribution is 7.99. The van der Waals surface area contributed by atoms with E-state index in [2.05, 4.69) is 14.9 Å². The van der Waals surface area contributed by atoms with Crippen molar-refractivity contribution in [3.8, 4) is 5.75 Å². The van der Waals surface area contributed by atoms with Crippen molar-refractivity contribution in [3.63, 3.8) is 0 Å². The zero-order chi connectivity index (χ0) is 25.5. The van der Waals surface area contributed by atoms with E-state index in [1.807, 2.05) is 49.5 Å².